The number of amides is 2. The highest BCUT2D eigenvalue weighted by Crippen LogP contribution is 2.04. The van der Waals surface area contributed by atoms with Crippen LogP contribution in [0.1, 0.15) is 17.5 Å². The van der Waals surface area contributed by atoms with Gasteiger partial charge in [0.05, 0.1) is 6.54 Å². The molecule has 1 aromatic carbocycles. The summed E-state index contributed by atoms with van der Waals surface area (Å²) in [4.78, 5) is 17.9. The fourth-order valence-electron chi connectivity index (χ4n) is 2.12. The van der Waals surface area contributed by atoms with Gasteiger partial charge in [-0.25, -0.2) is 4.79 Å². The van der Waals surface area contributed by atoms with Gasteiger partial charge in [-0.2, -0.15) is 0 Å². The average molecular weight is 323 g/mol. The van der Waals surface area contributed by atoms with E-state index in [2.05, 4.69) is 22.1 Å². The van der Waals surface area contributed by atoms with Crippen LogP contribution in [0.2, 0.25) is 0 Å². The van der Waals surface area contributed by atoms with E-state index in [1.807, 2.05) is 42.5 Å². The Morgan fingerprint density at radius 1 is 1.17 bits per heavy atom. The third-order valence-electron chi connectivity index (χ3n) is 3.33. The standard InChI is InChI=1S/C19H21N3O2/c23-15-5-14-22(16-18-9-12-20-13-10-18)19(24)21-11-4-8-17-6-2-1-3-7-17/h1-3,6-7,9-10,12-13,23H,5,11,14-16H2,(H,21,24). The van der Waals surface area contributed by atoms with Crippen LogP contribution in [0.4, 0.5) is 4.79 Å². The Kier molecular flexibility index (Phi) is 7.32. The second-order valence-electron chi connectivity index (χ2n) is 5.18. The molecule has 0 spiro atoms. The summed E-state index contributed by atoms with van der Waals surface area (Å²) < 4.78 is 0. The first-order valence-electron chi connectivity index (χ1n) is 7.86. The molecule has 0 fully saturated rings. The van der Waals surface area contributed by atoms with Gasteiger partial charge in [-0.15, -0.1) is 0 Å². The fraction of sp³-hybridized carbons (Fsp3) is 0.263. The Morgan fingerprint density at radius 3 is 2.62 bits per heavy atom. The van der Waals surface area contributed by atoms with Crippen molar-refractivity contribution in [3.63, 3.8) is 0 Å². The monoisotopic (exact) mass is 323 g/mol. The van der Waals surface area contributed by atoms with Gasteiger partial charge in [0, 0.05) is 37.7 Å². The van der Waals surface area contributed by atoms with E-state index in [1.165, 1.54) is 0 Å². The Balaban J connectivity index is 1.89. The van der Waals surface area contributed by atoms with Crippen LogP contribution < -0.4 is 5.32 Å². The highest BCUT2D eigenvalue weighted by molar-refractivity contribution is 5.74. The second-order valence-corrected chi connectivity index (χ2v) is 5.18. The number of aromatic nitrogens is 1. The summed E-state index contributed by atoms with van der Waals surface area (Å²) in [7, 11) is 0. The molecule has 0 aliphatic carbocycles. The number of carbonyl (C=O) groups is 1. The van der Waals surface area contributed by atoms with Crippen molar-refractivity contribution >= 4 is 6.03 Å². The van der Waals surface area contributed by atoms with Crippen molar-refractivity contribution in [3.8, 4) is 11.8 Å². The van der Waals surface area contributed by atoms with E-state index >= 15 is 0 Å². The lowest BCUT2D eigenvalue weighted by atomic mass is 10.2. The molecule has 2 amide bonds. The molecule has 0 atom stereocenters. The number of hydrogen-bond acceptors (Lipinski definition) is 3. The van der Waals surface area contributed by atoms with E-state index < -0.39 is 0 Å². The van der Waals surface area contributed by atoms with Gasteiger partial charge in [0.15, 0.2) is 0 Å². The predicted molar refractivity (Wildman–Crippen MR) is 93.1 cm³/mol. The second kappa shape index (κ2) is 10.0. The van der Waals surface area contributed by atoms with Crippen molar-refractivity contribution in [2.24, 2.45) is 0 Å². The minimum atomic E-state index is -0.192. The highest BCUT2D eigenvalue weighted by Gasteiger charge is 2.12. The topological polar surface area (TPSA) is 65.5 Å². The number of rotatable bonds is 6. The number of hydrogen-bond donors (Lipinski definition) is 2. The van der Waals surface area contributed by atoms with Crippen molar-refractivity contribution in [2.45, 2.75) is 13.0 Å². The molecular weight excluding hydrogens is 302 g/mol. The van der Waals surface area contributed by atoms with Crippen LogP contribution in [-0.2, 0) is 6.54 Å². The van der Waals surface area contributed by atoms with Crippen LogP contribution in [0.25, 0.3) is 0 Å². The van der Waals surface area contributed by atoms with Crippen LogP contribution in [0.5, 0.6) is 0 Å². The molecule has 24 heavy (non-hydrogen) atoms. The Labute approximate surface area is 142 Å². The lowest BCUT2D eigenvalue weighted by molar-refractivity contribution is 0.187. The third kappa shape index (κ3) is 6.11. The number of carbonyl (C=O) groups excluding carboxylic acids is 1. The smallest absolute Gasteiger partial charge is 0.318 e. The van der Waals surface area contributed by atoms with Gasteiger partial charge in [0.1, 0.15) is 0 Å². The summed E-state index contributed by atoms with van der Waals surface area (Å²) >= 11 is 0. The molecular formula is C19H21N3O2. The quantitative estimate of drug-likeness (QED) is 0.800. The van der Waals surface area contributed by atoms with E-state index in [0.29, 0.717) is 19.5 Å². The first kappa shape index (κ1) is 17.5. The predicted octanol–water partition coefficient (Wildman–Crippen LogP) is 2.03. The molecule has 2 N–H and O–H groups in total. The molecule has 5 heteroatoms. The normalized spacial score (nSPS) is 9.71. The summed E-state index contributed by atoms with van der Waals surface area (Å²) in [6, 6.07) is 13.2. The third-order valence-corrected chi connectivity index (χ3v) is 3.33. The summed E-state index contributed by atoms with van der Waals surface area (Å²) in [5.74, 6) is 5.94. The van der Waals surface area contributed by atoms with Gasteiger partial charge in [-0.1, -0.05) is 30.0 Å². The summed E-state index contributed by atoms with van der Waals surface area (Å²) in [6.07, 6.45) is 3.93. The average Bonchev–Trinajstić information content (AvgIpc) is 2.64. The molecule has 0 aliphatic heterocycles. The molecule has 2 rings (SSSR count). The summed E-state index contributed by atoms with van der Waals surface area (Å²) in [5.41, 5.74) is 1.91. The van der Waals surface area contributed by atoms with Gasteiger partial charge < -0.3 is 15.3 Å². The zero-order chi connectivity index (χ0) is 17.0. The van der Waals surface area contributed by atoms with Crippen molar-refractivity contribution < 1.29 is 9.90 Å². The molecule has 1 heterocycles. The van der Waals surface area contributed by atoms with Gasteiger partial charge in [-0.05, 0) is 36.2 Å². The Bertz CT molecular complexity index is 678. The molecule has 5 nitrogen and oxygen atoms in total. The first-order valence-corrected chi connectivity index (χ1v) is 7.86. The molecule has 0 saturated carbocycles. The van der Waals surface area contributed by atoms with E-state index in [-0.39, 0.29) is 19.2 Å². The molecule has 0 bridgehead atoms. The number of benzene rings is 1. The van der Waals surface area contributed by atoms with E-state index in [1.54, 1.807) is 17.3 Å². The number of aliphatic hydroxyl groups excluding tert-OH is 1. The Morgan fingerprint density at radius 2 is 1.92 bits per heavy atom. The zero-order valence-corrected chi connectivity index (χ0v) is 13.5. The van der Waals surface area contributed by atoms with Gasteiger partial charge in [-0.3, -0.25) is 4.98 Å². The molecule has 0 saturated heterocycles. The molecule has 2 aromatic rings. The first-order chi connectivity index (χ1) is 11.8. The molecule has 0 radical (unpaired) electrons. The van der Waals surface area contributed by atoms with E-state index in [4.69, 9.17) is 5.11 Å². The number of nitrogens with zero attached hydrogens (tertiary/aromatic N) is 2. The zero-order valence-electron chi connectivity index (χ0n) is 13.5. The lowest BCUT2D eigenvalue weighted by Crippen LogP contribution is -2.40. The van der Waals surface area contributed by atoms with Crippen LogP contribution in [0.3, 0.4) is 0 Å². The summed E-state index contributed by atoms with van der Waals surface area (Å²) in [6.45, 7) is 1.28. The van der Waals surface area contributed by atoms with Crippen molar-refractivity contribution in [2.75, 3.05) is 19.7 Å². The molecule has 0 aliphatic rings. The van der Waals surface area contributed by atoms with Crippen molar-refractivity contribution in [3.05, 3.63) is 66.0 Å². The van der Waals surface area contributed by atoms with E-state index in [9.17, 15) is 4.79 Å². The van der Waals surface area contributed by atoms with E-state index in [0.717, 1.165) is 11.1 Å². The maximum absolute atomic E-state index is 12.3. The van der Waals surface area contributed by atoms with Crippen LogP contribution >= 0.6 is 0 Å². The number of nitrogens with one attached hydrogen (secondary N) is 1. The molecule has 0 unspecified atom stereocenters. The SMILES string of the molecule is O=C(NCC#Cc1ccccc1)N(CCCO)Cc1ccncc1. The molecule has 1 aromatic heterocycles. The number of pyridine rings is 1. The number of aliphatic hydroxyl groups is 1. The van der Waals surface area contributed by atoms with Crippen molar-refractivity contribution in [1.82, 2.24) is 15.2 Å². The van der Waals surface area contributed by atoms with Crippen LogP contribution in [-0.4, -0.2) is 40.7 Å². The maximum atomic E-state index is 12.3. The number of urea groups is 1. The van der Waals surface area contributed by atoms with Crippen LogP contribution in [0, 0.1) is 11.8 Å². The lowest BCUT2D eigenvalue weighted by Gasteiger charge is -2.22. The van der Waals surface area contributed by atoms with Crippen LogP contribution in [0.15, 0.2) is 54.9 Å². The summed E-state index contributed by atoms with van der Waals surface area (Å²) in [5, 5.41) is 11.8. The minimum absolute atomic E-state index is 0.0495. The largest absolute Gasteiger partial charge is 0.396 e. The van der Waals surface area contributed by atoms with Gasteiger partial charge in [0.2, 0.25) is 0 Å². The minimum Gasteiger partial charge on any atom is -0.396 e. The van der Waals surface area contributed by atoms with Gasteiger partial charge in [0.25, 0.3) is 0 Å². The fourth-order valence-corrected chi connectivity index (χ4v) is 2.12. The Hall–Kier alpha value is -2.84. The van der Waals surface area contributed by atoms with Crippen molar-refractivity contribution in [1.29, 1.82) is 0 Å². The highest BCUT2D eigenvalue weighted by atomic mass is 16.3. The molecule has 124 valence electrons. The van der Waals surface area contributed by atoms with Gasteiger partial charge >= 0.3 is 6.03 Å². The maximum Gasteiger partial charge on any atom is 0.318 e.